The van der Waals surface area contributed by atoms with Crippen LogP contribution in [0, 0.1) is 0 Å². The molecule has 1 aromatic carbocycles. The second kappa shape index (κ2) is 7.92. The standard InChI is InChI=1S/C19H22F3N3O4/c1-18(2,3)28-17(26)25-9-7-13(8-10-25)27-14-6-4-5-12(11-14)15-23-16(29-24-15)19(20,21)22/h4-6,11,13H,7-10H2,1-3H3. The van der Waals surface area contributed by atoms with Gasteiger partial charge in [-0.15, -0.1) is 0 Å². The summed E-state index contributed by atoms with van der Waals surface area (Å²) in [5.74, 6) is -1.08. The van der Waals surface area contributed by atoms with E-state index in [1.165, 1.54) is 0 Å². The number of carbonyl (C=O) groups excluding carboxylic acids is 1. The van der Waals surface area contributed by atoms with E-state index >= 15 is 0 Å². The van der Waals surface area contributed by atoms with Gasteiger partial charge in [-0.05, 0) is 32.9 Å². The molecule has 2 heterocycles. The van der Waals surface area contributed by atoms with E-state index in [4.69, 9.17) is 9.47 Å². The van der Waals surface area contributed by atoms with E-state index in [0.29, 0.717) is 37.2 Å². The molecule has 1 aliphatic heterocycles. The maximum absolute atomic E-state index is 12.6. The number of hydrogen-bond acceptors (Lipinski definition) is 6. The first-order valence-electron chi connectivity index (χ1n) is 9.17. The summed E-state index contributed by atoms with van der Waals surface area (Å²) >= 11 is 0. The van der Waals surface area contributed by atoms with Crippen molar-refractivity contribution < 1.29 is 32.0 Å². The van der Waals surface area contributed by atoms with Gasteiger partial charge in [0.15, 0.2) is 0 Å². The predicted molar refractivity (Wildman–Crippen MR) is 96.2 cm³/mol. The van der Waals surface area contributed by atoms with Crippen LogP contribution in [0.1, 0.15) is 39.5 Å². The molecule has 1 fully saturated rings. The van der Waals surface area contributed by atoms with Crippen molar-refractivity contribution in [1.82, 2.24) is 15.0 Å². The fraction of sp³-hybridized carbons (Fsp3) is 0.526. The molecule has 0 saturated carbocycles. The van der Waals surface area contributed by atoms with Gasteiger partial charge in [0.05, 0.1) is 0 Å². The predicted octanol–water partition coefficient (Wildman–Crippen LogP) is 4.53. The molecule has 158 valence electrons. The summed E-state index contributed by atoms with van der Waals surface area (Å²) in [6, 6.07) is 6.48. The van der Waals surface area contributed by atoms with Crippen LogP contribution in [-0.2, 0) is 10.9 Å². The normalized spacial score (nSPS) is 16.0. The van der Waals surface area contributed by atoms with Crippen molar-refractivity contribution in [3.63, 3.8) is 0 Å². The third-order valence-electron chi connectivity index (χ3n) is 4.16. The fourth-order valence-corrected chi connectivity index (χ4v) is 2.84. The lowest BCUT2D eigenvalue weighted by molar-refractivity contribution is -0.159. The van der Waals surface area contributed by atoms with E-state index in [0.717, 1.165) is 0 Å². The van der Waals surface area contributed by atoms with Gasteiger partial charge in [0.25, 0.3) is 0 Å². The van der Waals surface area contributed by atoms with Gasteiger partial charge in [-0.3, -0.25) is 0 Å². The van der Waals surface area contributed by atoms with Crippen molar-refractivity contribution in [2.45, 2.75) is 51.5 Å². The molecule has 0 N–H and O–H groups in total. The average molecular weight is 413 g/mol. The zero-order valence-corrected chi connectivity index (χ0v) is 16.3. The summed E-state index contributed by atoms with van der Waals surface area (Å²) in [5.41, 5.74) is -0.195. The van der Waals surface area contributed by atoms with Crippen LogP contribution in [0.15, 0.2) is 28.8 Å². The summed E-state index contributed by atoms with van der Waals surface area (Å²) in [6.45, 7) is 6.44. The van der Waals surface area contributed by atoms with Crippen LogP contribution in [0.3, 0.4) is 0 Å². The largest absolute Gasteiger partial charge is 0.490 e. The quantitative estimate of drug-likeness (QED) is 0.736. The molecular weight excluding hydrogens is 391 g/mol. The van der Waals surface area contributed by atoms with Gasteiger partial charge in [-0.2, -0.15) is 18.2 Å². The van der Waals surface area contributed by atoms with Crippen LogP contribution in [0.2, 0.25) is 0 Å². The van der Waals surface area contributed by atoms with Gasteiger partial charge in [0, 0.05) is 31.5 Å². The molecule has 1 aromatic heterocycles. The third-order valence-corrected chi connectivity index (χ3v) is 4.16. The van der Waals surface area contributed by atoms with Gasteiger partial charge in [0.2, 0.25) is 5.82 Å². The molecule has 0 atom stereocenters. The lowest BCUT2D eigenvalue weighted by Crippen LogP contribution is -2.44. The Hall–Kier alpha value is -2.78. The van der Waals surface area contributed by atoms with Gasteiger partial charge in [0.1, 0.15) is 17.5 Å². The first kappa shape index (κ1) is 20.9. The Balaban J connectivity index is 1.59. The van der Waals surface area contributed by atoms with Gasteiger partial charge in [-0.1, -0.05) is 17.3 Å². The average Bonchev–Trinajstić information content (AvgIpc) is 3.12. The molecule has 0 bridgehead atoms. The monoisotopic (exact) mass is 413 g/mol. The fourth-order valence-electron chi connectivity index (χ4n) is 2.84. The number of likely N-dealkylation sites (tertiary alicyclic amines) is 1. The summed E-state index contributed by atoms with van der Waals surface area (Å²) in [5, 5.41) is 3.38. The number of carbonyl (C=O) groups is 1. The number of rotatable bonds is 3. The van der Waals surface area contributed by atoms with Crippen LogP contribution in [0.5, 0.6) is 5.75 Å². The number of nitrogens with zero attached hydrogens (tertiary/aromatic N) is 3. The first-order chi connectivity index (χ1) is 13.5. The highest BCUT2D eigenvalue weighted by Gasteiger charge is 2.38. The number of amides is 1. The van der Waals surface area contributed by atoms with Crippen LogP contribution in [0.4, 0.5) is 18.0 Å². The molecule has 0 aliphatic carbocycles. The lowest BCUT2D eigenvalue weighted by atomic mass is 10.1. The molecule has 29 heavy (non-hydrogen) atoms. The van der Waals surface area contributed by atoms with Crippen molar-refractivity contribution in [2.24, 2.45) is 0 Å². The van der Waals surface area contributed by atoms with E-state index in [2.05, 4.69) is 14.7 Å². The van der Waals surface area contributed by atoms with Crippen LogP contribution in [-0.4, -0.2) is 45.9 Å². The van der Waals surface area contributed by atoms with Crippen molar-refractivity contribution in [3.8, 4) is 17.1 Å². The number of alkyl halides is 3. The number of aromatic nitrogens is 2. The molecule has 0 unspecified atom stereocenters. The Labute approximate surface area is 165 Å². The van der Waals surface area contributed by atoms with Gasteiger partial charge < -0.3 is 18.9 Å². The summed E-state index contributed by atoms with van der Waals surface area (Å²) in [7, 11) is 0. The third kappa shape index (κ3) is 5.61. The minimum atomic E-state index is -4.69. The maximum Gasteiger partial charge on any atom is 0.471 e. The van der Waals surface area contributed by atoms with Crippen molar-refractivity contribution in [1.29, 1.82) is 0 Å². The van der Waals surface area contributed by atoms with Crippen LogP contribution >= 0.6 is 0 Å². The maximum atomic E-state index is 12.6. The highest BCUT2D eigenvalue weighted by molar-refractivity contribution is 5.68. The summed E-state index contributed by atoms with van der Waals surface area (Å²) in [6.07, 6.45) is -3.94. The zero-order chi connectivity index (χ0) is 21.2. The van der Waals surface area contributed by atoms with E-state index in [1.54, 1.807) is 29.2 Å². The number of halogens is 3. The molecule has 2 aromatic rings. The van der Waals surface area contributed by atoms with E-state index < -0.39 is 17.7 Å². The van der Waals surface area contributed by atoms with Crippen LogP contribution < -0.4 is 4.74 Å². The van der Waals surface area contributed by atoms with Crippen molar-refractivity contribution in [3.05, 3.63) is 30.2 Å². The second-order valence-electron chi connectivity index (χ2n) is 7.73. The van der Waals surface area contributed by atoms with Gasteiger partial charge >= 0.3 is 18.2 Å². The summed E-state index contributed by atoms with van der Waals surface area (Å²) in [4.78, 5) is 17.1. The topological polar surface area (TPSA) is 77.7 Å². The first-order valence-corrected chi connectivity index (χ1v) is 9.17. The number of ether oxygens (including phenoxy) is 2. The highest BCUT2D eigenvalue weighted by atomic mass is 19.4. The Morgan fingerprint density at radius 1 is 1.21 bits per heavy atom. The Morgan fingerprint density at radius 3 is 2.48 bits per heavy atom. The Bertz CT molecular complexity index is 853. The smallest absolute Gasteiger partial charge is 0.471 e. The van der Waals surface area contributed by atoms with E-state index in [9.17, 15) is 18.0 Å². The Morgan fingerprint density at radius 2 is 1.90 bits per heavy atom. The van der Waals surface area contributed by atoms with Gasteiger partial charge in [-0.25, -0.2) is 4.79 Å². The van der Waals surface area contributed by atoms with Crippen LogP contribution in [0.25, 0.3) is 11.4 Å². The van der Waals surface area contributed by atoms with Crippen molar-refractivity contribution >= 4 is 6.09 Å². The zero-order valence-electron chi connectivity index (χ0n) is 16.3. The molecule has 7 nitrogen and oxygen atoms in total. The molecule has 0 spiro atoms. The molecule has 10 heteroatoms. The molecule has 1 aliphatic rings. The second-order valence-corrected chi connectivity index (χ2v) is 7.73. The molecule has 0 radical (unpaired) electrons. The Kier molecular flexibility index (Phi) is 5.72. The molecule has 1 saturated heterocycles. The molecule has 3 rings (SSSR count). The molecule has 1 amide bonds. The number of hydrogen-bond donors (Lipinski definition) is 0. The number of piperidine rings is 1. The van der Waals surface area contributed by atoms with E-state index in [1.807, 2.05) is 20.8 Å². The molecular formula is C19H22F3N3O4. The summed E-state index contributed by atoms with van der Waals surface area (Å²) < 4.78 is 53.4. The minimum Gasteiger partial charge on any atom is -0.490 e. The number of benzene rings is 1. The lowest BCUT2D eigenvalue weighted by Gasteiger charge is -2.33. The minimum absolute atomic E-state index is 0.125. The van der Waals surface area contributed by atoms with E-state index in [-0.39, 0.29) is 18.0 Å². The SMILES string of the molecule is CC(C)(C)OC(=O)N1CCC(Oc2cccc(-c3noc(C(F)(F)F)n3)c2)CC1. The highest BCUT2D eigenvalue weighted by Crippen LogP contribution is 2.30. The van der Waals surface area contributed by atoms with Crippen molar-refractivity contribution in [2.75, 3.05) is 13.1 Å².